The number of hydrogen-bond donors (Lipinski definition) is 1. The lowest BCUT2D eigenvalue weighted by Crippen LogP contribution is -2.38. The van der Waals surface area contributed by atoms with Crippen LogP contribution in [0.3, 0.4) is 0 Å². The Morgan fingerprint density at radius 2 is 1.90 bits per heavy atom. The van der Waals surface area contributed by atoms with Gasteiger partial charge in [-0.2, -0.15) is 0 Å². The Balaban J connectivity index is 2.09. The van der Waals surface area contributed by atoms with Gasteiger partial charge in [0.2, 0.25) is 0 Å². The van der Waals surface area contributed by atoms with Gasteiger partial charge in [-0.05, 0) is 44.5 Å². The van der Waals surface area contributed by atoms with Gasteiger partial charge < -0.3 is 5.32 Å². The van der Waals surface area contributed by atoms with E-state index in [-0.39, 0.29) is 11.1 Å². The molecule has 0 radical (unpaired) electrons. The molecule has 0 amide bonds. The Bertz CT molecular complexity index is 658. The first kappa shape index (κ1) is 14.2. The minimum absolute atomic E-state index is 0.0739. The molecule has 1 aromatic carbocycles. The molecular weight excluding hydrogens is 272 g/mol. The van der Waals surface area contributed by atoms with Crippen LogP contribution in [0.4, 0.5) is 8.78 Å². The highest BCUT2D eigenvalue weighted by atomic mass is 19.1. The second-order valence-electron chi connectivity index (χ2n) is 6.01. The molecule has 3 rings (SSSR count). The summed E-state index contributed by atoms with van der Waals surface area (Å²) >= 11 is 0. The first-order valence-corrected chi connectivity index (χ1v) is 7.21. The zero-order chi connectivity index (χ0) is 15.0. The maximum Gasteiger partial charge on any atom is 0.147 e. The van der Waals surface area contributed by atoms with E-state index in [2.05, 4.69) is 17.2 Å². The number of aromatic nitrogens is 2. The molecule has 1 fully saturated rings. The molecule has 0 bridgehead atoms. The topological polar surface area (TPSA) is 29.9 Å². The zero-order valence-corrected chi connectivity index (χ0v) is 12.3. The van der Waals surface area contributed by atoms with E-state index >= 15 is 0 Å². The number of aryl methyl sites for hydroxylation is 1. The van der Waals surface area contributed by atoms with Crippen molar-refractivity contribution in [3.63, 3.8) is 0 Å². The minimum Gasteiger partial charge on any atom is -0.317 e. The van der Waals surface area contributed by atoms with E-state index in [0.29, 0.717) is 5.56 Å². The summed E-state index contributed by atoms with van der Waals surface area (Å²) in [4.78, 5) is 4.17. The highest BCUT2D eigenvalue weighted by Gasteiger charge is 2.32. The number of imidazole rings is 1. The lowest BCUT2D eigenvalue weighted by atomic mass is 9.78. The average Bonchev–Trinajstić information content (AvgIpc) is 2.93. The molecule has 1 aromatic heterocycles. The highest BCUT2D eigenvalue weighted by Crippen LogP contribution is 2.34. The summed E-state index contributed by atoms with van der Waals surface area (Å²) in [6.45, 7) is 5.56. The summed E-state index contributed by atoms with van der Waals surface area (Å²) in [5.41, 5.74) is 1.40. The lowest BCUT2D eigenvalue weighted by molar-refractivity contribution is 0.323. The number of nitrogens with zero attached hydrogens (tertiary/aromatic N) is 2. The Morgan fingerprint density at radius 1 is 1.19 bits per heavy atom. The molecule has 1 N–H and O–H groups in total. The molecule has 5 heteroatoms. The smallest absolute Gasteiger partial charge is 0.147 e. The summed E-state index contributed by atoms with van der Waals surface area (Å²) in [5, 5.41) is 3.33. The molecule has 0 atom stereocenters. The predicted molar refractivity (Wildman–Crippen MR) is 77.7 cm³/mol. The predicted octanol–water partition coefficient (Wildman–Crippen LogP) is 3.10. The average molecular weight is 291 g/mol. The third-order valence-corrected chi connectivity index (χ3v) is 4.45. The number of nitrogens with one attached hydrogen (secondary N) is 1. The molecule has 0 saturated carbocycles. The van der Waals surface area contributed by atoms with Crippen LogP contribution >= 0.6 is 0 Å². The molecule has 21 heavy (non-hydrogen) atoms. The summed E-state index contributed by atoms with van der Waals surface area (Å²) in [6, 6.07) is 2.49. The van der Waals surface area contributed by atoms with Crippen molar-refractivity contribution in [2.75, 3.05) is 13.1 Å². The number of rotatable bonds is 2. The fourth-order valence-corrected chi connectivity index (χ4v) is 2.99. The first-order chi connectivity index (χ1) is 10.0. The second-order valence-corrected chi connectivity index (χ2v) is 6.01. The van der Waals surface area contributed by atoms with Crippen LogP contribution in [-0.2, 0) is 5.41 Å². The van der Waals surface area contributed by atoms with Gasteiger partial charge in [-0.25, -0.2) is 13.8 Å². The van der Waals surface area contributed by atoms with Crippen molar-refractivity contribution >= 4 is 0 Å². The van der Waals surface area contributed by atoms with Crippen LogP contribution < -0.4 is 5.32 Å². The molecule has 0 unspecified atom stereocenters. The van der Waals surface area contributed by atoms with E-state index in [9.17, 15) is 8.78 Å². The molecule has 2 heterocycles. The van der Waals surface area contributed by atoms with Crippen LogP contribution in [0.1, 0.15) is 31.0 Å². The van der Waals surface area contributed by atoms with Gasteiger partial charge in [0.25, 0.3) is 0 Å². The largest absolute Gasteiger partial charge is 0.317 e. The van der Waals surface area contributed by atoms with Crippen LogP contribution in [0, 0.1) is 18.6 Å². The normalized spacial score (nSPS) is 17.9. The molecule has 1 saturated heterocycles. The van der Waals surface area contributed by atoms with Crippen molar-refractivity contribution in [3.05, 3.63) is 47.5 Å². The third kappa shape index (κ3) is 2.46. The van der Waals surface area contributed by atoms with E-state index in [4.69, 9.17) is 0 Å². The van der Waals surface area contributed by atoms with Crippen LogP contribution in [0.2, 0.25) is 0 Å². The van der Waals surface area contributed by atoms with Gasteiger partial charge in [0, 0.05) is 23.4 Å². The lowest BCUT2D eigenvalue weighted by Gasteiger charge is -2.34. The summed E-state index contributed by atoms with van der Waals surface area (Å²) in [6.07, 6.45) is 5.24. The molecule has 1 aliphatic heterocycles. The van der Waals surface area contributed by atoms with Crippen LogP contribution in [-0.4, -0.2) is 22.6 Å². The summed E-state index contributed by atoms with van der Waals surface area (Å²) in [7, 11) is 0. The van der Waals surface area contributed by atoms with E-state index in [1.54, 1.807) is 24.0 Å². The standard InChI is InChI=1S/C16H19F2N3/c1-11-7-13(18)14(8-12(11)17)21-10-20-9-15(21)16(2)3-5-19-6-4-16/h7-10,19H,3-6H2,1-2H3. The van der Waals surface area contributed by atoms with Crippen molar-refractivity contribution in [2.24, 2.45) is 0 Å². The van der Waals surface area contributed by atoms with Crippen molar-refractivity contribution in [1.29, 1.82) is 0 Å². The van der Waals surface area contributed by atoms with E-state index in [1.807, 2.05) is 0 Å². The van der Waals surface area contributed by atoms with Gasteiger partial charge in [-0.15, -0.1) is 0 Å². The number of benzene rings is 1. The number of halogens is 2. The van der Waals surface area contributed by atoms with Gasteiger partial charge >= 0.3 is 0 Å². The quantitative estimate of drug-likeness (QED) is 0.921. The van der Waals surface area contributed by atoms with Gasteiger partial charge in [-0.3, -0.25) is 4.57 Å². The van der Waals surface area contributed by atoms with E-state index < -0.39 is 11.6 Å². The maximum absolute atomic E-state index is 14.2. The van der Waals surface area contributed by atoms with Crippen molar-refractivity contribution in [1.82, 2.24) is 14.9 Å². The highest BCUT2D eigenvalue weighted by molar-refractivity contribution is 5.40. The minimum atomic E-state index is -0.425. The van der Waals surface area contributed by atoms with Crippen molar-refractivity contribution < 1.29 is 8.78 Å². The third-order valence-electron chi connectivity index (χ3n) is 4.45. The Morgan fingerprint density at radius 3 is 2.62 bits per heavy atom. The molecule has 2 aromatic rings. The van der Waals surface area contributed by atoms with Gasteiger partial charge in [0.15, 0.2) is 0 Å². The zero-order valence-electron chi connectivity index (χ0n) is 12.3. The molecular formula is C16H19F2N3. The van der Waals surface area contributed by atoms with Gasteiger partial charge in [-0.1, -0.05) is 6.92 Å². The Kier molecular flexibility index (Phi) is 3.53. The Labute approximate surface area is 123 Å². The number of hydrogen-bond acceptors (Lipinski definition) is 2. The van der Waals surface area contributed by atoms with Crippen LogP contribution in [0.25, 0.3) is 5.69 Å². The van der Waals surface area contributed by atoms with E-state index in [0.717, 1.165) is 31.6 Å². The molecule has 3 nitrogen and oxygen atoms in total. The van der Waals surface area contributed by atoms with Crippen LogP contribution in [0.15, 0.2) is 24.7 Å². The molecule has 0 spiro atoms. The molecule has 1 aliphatic rings. The molecule has 0 aliphatic carbocycles. The SMILES string of the molecule is Cc1cc(F)c(-n2cncc2C2(C)CCNCC2)cc1F. The fourth-order valence-electron chi connectivity index (χ4n) is 2.99. The number of piperidine rings is 1. The van der Waals surface area contributed by atoms with Gasteiger partial charge in [0.05, 0.1) is 12.0 Å². The first-order valence-electron chi connectivity index (χ1n) is 7.21. The summed E-state index contributed by atoms with van der Waals surface area (Å²) in [5.74, 6) is -0.827. The van der Waals surface area contributed by atoms with Crippen molar-refractivity contribution in [3.8, 4) is 5.69 Å². The maximum atomic E-state index is 14.2. The van der Waals surface area contributed by atoms with Gasteiger partial charge in [0.1, 0.15) is 11.6 Å². The fraction of sp³-hybridized carbons (Fsp3) is 0.438. The molecule has 112 valence electrons. The van der Waals surface area contributed by atoms with E-state index in [1.165, 1.54) is 12.1 Å². The van der Waals surface area contributed by atoms with Crippen molar-refractivity contribution in [2.45, 2.75) is 32.1 Å². The summed E-state index contributed by atoms with van der Waals surface area (Å²) < 4.78 is 29.7. The Hall–Kier alpha value is -1.75. The second kappa shape index (κ2) is 5.22. The monoisotopic (exact) mass is 291 g/mol. The van der Waals surface area contributed by atoms with Crippen LogP contribution in [0.5, 0.6) is 0 Å².